The molecule has 2 aliphatic rings. The molecule has 0 aliphatic carbocycles. The second kappa shape index (κ2) is 9.75. The Bertz CT molecular complexity index is 934. The van der Waals surface area contributed by atoms with Crippen molar-refractivity contribution in [3.8, 4) is 0 Å². The highest BCUT2D eigenvalue weighted by Gasteiger charge is 2.59. The van der Waals surface area contributed by atoms with Gasteiger partial charge in [-0.2, -0.15) is 0 Å². The number of hydrogen-bond acceptors (Lipinski definition) is 4. The second-order valence-electron chi connectivity index (χ2n) is 8.35. The highest BCUT2D eigenvalue weighted by molar-refractivity contribution is 5.18. The van der Waals surface area contributed by atoms with Gasteiger partial charge < -0.3 is 14.2 Å². The van der Waals surface area contributed by atoms with Crippen LogP contribution in [0.3, 0.4) is 0 Å². The molecule has 4 heteroatoms. The van der Waals surface area contributed by atoms with Gasteiger partial charge in [-0.25, -0.2) is 0 Å². The molecule has 2 aliphatic heterocycles. The largest absolute Gasteiger partial charge is 0.375 e. The van der Waals surface area contributed by atoms with Crippen molar-refractivity contribution in [3.63, 3.8) is 0 Å². The number of rotatable bonds is 10. The number of fused-ring (bicyclic) bond motifs is 1. The van der Waals surface area contributed by atoms with Crippen LogP contribution in [0.4, 0.5) is 0 Å². The normalized spacial score (nSPS) is 26.5. The molecular weight excluding hydrogens is 386 g/mol. The summed E-state index contributed by atoms with van der Waals surface area (Å²) in [5.74, 6) is 0. The van der Waals surface area contributed by atoms with Crippen LogP contribution in [-0.2, 0) is 34.0 Å². The molecule has 0 aromatic heterocycles. The number of hydrogen-bond donors (Lipinski definition) is 0. The minimum absolute atomic E-state index is 0.00144. The van der Waals surface area contributed by atoms with Crippen LogP contribution in [0.1, 0.15) is 16.7 Å². The van der Waals surface area contributed by atoms with E-state index in [9.17, 15) is 0 Å². The molecule has 5 atom stereocenters. The summed E-state index contributed by atoms with van der Waals surface area (Å²) in [6.45, 7) is 3.53. The zero-order valence-electron chi connectivity index (χ0n) is 17.7. The first kappa shape index (κ1) is 20.4. The van der Waals surface area contributed by atoms with E-state index in [4.69, 9.17) is 14.2 Å². The summed E-state index contributed by atoms with van der Waals surface area (Å²) >= 11 is 0. The first-order chi connectivity index (χ1) is 15.4. The number of ether oxygens (including phenoxy) is 3. The first-order valence-corrected chi connectivity index (χ1v) is 11.1. The Hall–Kier alpha value is -2.50. The Labute approximate surface area is 184 Å². The Morgan fingerprint density at radius 2 is 1.10 bits per heavy atom. The van der Waals surface area contributed by atoms with Gasteiger partial charge in [0.2, 0.25) is 0 Å². The van der Waals surface area contributed by atoms with Crippen LogP contribution in [0.5, 0.6) is 0 Å². The molecule has 31 heavy (non-hydrogen) atoms. The van der Waals surface area contributed by atoms with Crippen LogP contribution in [0.15, 0.2) is 91.0 Å². The molecule has 0 saturated carbocycles. The number of benzene rings is 3. The highest BCUT2D eigenvalue weighted by atomic mass is 16.5. The summed E-state index contributed by atoms with van der Waals surface area (Å²) in [5, 5.41) is 0. The van der Waals surface area contributed by atoms with Crippen molar-refractivity contribution in [2.45, 2.75) is 44.1 Å². The van der Waals surface area contributed by atoms with Crippen LogP contribution in [0.25, 0.3) is 0 Å². The maximum absolute atomic E-state index is 6.46. The minimum Gasteiger partial charge on any atom is -0.375 e. The minimum atomic E-state index is -0.00144. The summed E-state index contributed by atoms with van der Waals surface area (Å²) in [7, 11) is 0. The Balaban J connectivity index is 1.24. The van der Waals surface area contributed by atoms with E-state index in [2.05, 4.69) is 65.6 Å². The maximum atomic E-state index is 6.46. The molecule has 2 heterocycles. The lowest BCUT2D eigenvalue weighted by atomic mass is 10.1. The highest BCUT2D eigenvalue weighted by Crippen LogP contribution is 2.40. The van der Waals surface area contributed by atoms with E-state index in [1.165, 1.54) is 16.7 Å². The summed E-state index contributed by atoms with van der Waals surface area (Å²) in [5.41, 5.74) is 3.57. The maximum Gasteiger partial charge on any atom is 0.103 e. The fourth-order valence-corrected chi connectivity index (χ4v) is 4.48. The van der Waals surface area contributed by atoms with Crippen molar-refractivity contribution in [3.05, 3.63) is 108 Å². The van der Waals surface area contributed by atoms with Gasteiger partial charge >= 0.3 is 0 Å². The van der Waals surface area contributed by atoms with E-state index in [1.54, 1.807) is 0 Å². The smallest absolute Gasteiger partial charge is 0.103 e. The lowest BCUT2D eigenvalue weighted by Gasteiger charge is -2.28. The van der Waals surface area contributed by atoms with Gasteiger partial charge in [0.25, 0.3) is 0 Å². The van der Waals surface area contributed by atoms with Gasteiger partial charge in [-0.15, -0.1) is 0 Å². The molecule has 3 aromatic rings. The van der Waals surface area contributed by atoms with Gasteiger partial charge in [0.15, 0.2) is 0 Å². The van der Waals surface area contributed by atoms with E-state index in [0.717, 1.165) is 6.54 Å². The van der Waals surface area contributed by atoms with Crippen molar-refractivity contribution in [2.24, 2.45) is 0 Å². The van der Waals surface area contributed by atoms with Crippen LogP contribution in [0.2, 0.25) is 0 Å². The van der Waals surface area contributed by atoms with E-state index in [0.29, 0.717) is 32.5 Å². The molecule has 160 valence electrons. The van der Waals surface area contributed by atoms with Gasteiger partial charge in [-0.05, 0) is 16.7 Å². The molecule has 0 spiro atoms. The fraction of sp³-hybridized carbons (Fsp3) is 0.333. The zero-order valence-corrected chi connectivity index (χ0v) is 17.7. The van der Waals surface area contributed by atoms with Crippen LogP contribution >= 0.6 is 0 Å². The Morgan fingerprint density at radius 1 is 0.613 bits per heavy atom. The summed E-state index contributed by atoms with van der Waals surface area (Å²) in [4.78, 5) is 2.47. The molecule has 0 bridgehead atoms. The van der Waals surface area contributed by atoms with Crippen molar-refractivity contribution in [1.29, 1.82) is 0 Å². The topological polar surface area (TPSA) is 30.7 Å². The van der Waals surface area contributed by atoms with Crippen LogP contribution in [0, 0.1) is 0 Å². The first-order valence-electron chi connectivity index (χ1n) is 11.1. The van der Waals surface area contributed by atoms with Gasteiger partial charge in [0.05, 0.1) is 38.5 Å². The molecule has 1 unspecified atom stereocenters. The zero-order chi connectivity index (χ0) is 20.9. The van der Waals surface area contributed by atoms with Crippen LogP contribution < -0.4 is 0 Å². The third kappa shape index (κ3) is 5.05. The predicted octanol–water partition coefficient (Wildman–Crippen LogP) is 4.44. The SMILES string of the molecule is c1ccc(COC[C@@H]2[C@@H](OCc3ccccc3)[C@H](OCc3ccccc3)[C@H]3CN23)cc1. The fourth-order valence-electron chi connectivity index (χ4n) is 4.48. The van der Waals surface area contributed by atoms with Gasteiger partial charge in [-0.3, -0.25) is 4.90 Å². The monoisotopic (exact) mass is 415 g/mol. The summed E-state index contributed by atoms with van der Waals surface area (Å²) in [6, 6.07) is 31.7. The molecular formula is C27H29NO3. The molecule has 5 rings (SSSR count). The predicted molar refractivity (Wildman–Crippen MR) is 120 cm³/mol. The van der Waals surface area contributed by atoms with Gasteiger partial charge in [0.1, 0.15) is 12.2 Å². The van der Waals surface area contributed by atoms with E-state index in [-0.39, 0.29) is 18.2 Å². The summed E-state index contributed by atoms with van der Waals surface area (Å²) in [6.07, 6.45) is 0.0627. The Morgan fingerprint density at radius 3 is 1.65 bits per heavy atom. The lowest BCUT2D eigenvalue weighted by Crippen LogP contribution is -2.42. The second-order valence-corrected chi connectivity index (χ2v) is 8.35. The lowest BCUT2D eigenvalue weighted by molar-refractivity contribution is -0.0909. The van der Waals surface area contributed by atoms with Gasteiger partial charge in [-0.1, -0.05) is 91.0 Å². The summed E-state index contributed by atoms with van der Waals surface area (Å²) < 4.78 is 19.0. The van der Waals surface area contributed by atoms with Crippen molar-refractivity contribution in [2.75, 3.05) is 13.2 Å². The average molecular weight is 416 g/mol. The number of piperidine rings is 1. The van der Waals surface area contributed by atoms with Crippen molar-refractivity contribution >= 4 is 0 Å². The quantitative estimate of drug-likeness (QED) is 0.458. The third-order valence-corrected chi connectivity index (χ3v) is 6.17. The average Bonchev–Trinajstić information content (AvgIpc) is 3.56. The molecule has 2 saturated heterocycles. The Kier molecular flexibility index (Phi) is 6.42. The van der Waals surface area contributed by atoms with E-state index in [1.807, 2.05) is 30.3 Å². The van der Waals surface area contributed by atoms with Crippen molar-refractivity contribution in [1.82, 2.24) is 4.90 Å². The van der Waals surface area contributed by atoms with E-state index >= 15 is 0 Å². The molecule has 0 N–H and O–H groups in total. The molecule has 0 amide bonds. The standard InChI is InChI=1S/C27H29NO3/c1-4-10-21(11-5-1)17-29-20-25-27(31-19-23-14-8-3-9-15-23)26(24-16-28(24)25)30-18-22-12-6-2-7-13-22/h1-15,24-27H,16-20H2/t24-,25-,26-,27-,28?/m1/s1. The number of nitrogens with zero attached hydrogens (tertiary/aromatic N) is 1. The van der Waals surface area contributed by atoms with Crippen molar-refractivity contribution < 1.29 is 14.2 Å². The van der Waals surface area contributed by atoms with Crippen LogP contribution in [-0.4, -0.2) is 42.3 Å². The third-order valence-electron chi connectivity index (χ3n) is 6.17. The molecule has 4 nitrogen and oxygen atoms in total. The van der Waals surface area contributed by atoms with E-state index < -0.39 is 0 Å². The molecule has 3 aromatic carbocycles. The molecule has 2 fully saturated rings. The van der Waals surface area contributed by atoms with Gasteiger partial charge in [0, 0.05) is 6.54 Å². The molecule has 0 radical (unpaired) electrons.